The summed E-state index contributed by atoms with van der Waals surface area (Å²) in [6.07, 6.45) is 2.22. The highest BCUT2D eigenvalue weighted by Crippen LogP contribution is 2.23. The number of nitrogens with one attached hydrogen (secondary N) is 2. The Labute approximate surface area is 171 Å². The predicted molar refractivity (Wildman–Crippen MR) is 113 cm³/mol. The molecule has 2 aromatic rings. The van der Waals surface area contributed by atoms with Crippen molar-refractivity contribution < 1.29 is 14.4 Å². The van der Waals surface area contributed by atoms with Gasteiger partial charge in [0.1, 0.15) is 0 Å². The highest BCUT2D eigenvalue weighted by atomic mass is 16.2. The fraction of sp³-hybridized carbons (Fsp3) is 0.348. The van der Waals surface area contributed by atoms with Crippen molar-refractivity contribution in [1.29, 1.82) is 0 Å². The number of hydrogen-bond acceptors (Lipinski definition) is 3. The third-order valence-electron chi connectivity index (χ3n) is 5.14. The van der Waals surface area contributed by atoms with Gasteiger partial charge in [0.2, 0.25) is 5.91 Å². The molecule has 6 heteroatoms. The van der Waals surface area contributed by atoms with Crippen LogP contribution in [0.5, 0.6) is 0 Å². The van der Waals surface area contributed by atoms with Gasteiger partial charge < -0.3 is 15.5 Å². The molecule has 152 valence electrons. The molecular weight excluding hydrogens is 366 g/mol. The van der Waals surface area contributed by atoms with Crippen LogP contribution in [-0.2, 0) is 4.79 Å². The molecule has 3 rings (SSSR count). The van der Waals surface area contributed by atoms with Gasteiger partial charge in [0.15, 0.2) is 0 Å². The second-order valence-electron chi connectivity index (χ2n) is 7.22. The average Bonchev–Trinajstić information content (AvgIpc) is 2.78. The van der Waals surface area contributed by atoms with Crippen molar-refractivity contribution in [3.8, 4) is 0 Å². The number of hydrogen-bond donors (Lipinski definition) is 2. The summed E-state index contributed by atoms with van der Waals surface area (Å²) in [7, 11) is 0. The molecule has 0 aromatic heterocycles. The van der Waals surface area contributed by atoms with E-state index in [9.17, 15) is 14.4 Å². The Kier molecular flexibility index (Phi) is 7.00. The molecule has 0 bridgehead atoms. The summed E-state index contributed by atoms with van der Waals surface area (Å²) >= 11 is 0. The molecule has 1 fully saturated rings. The van der Waals surface area contributed by atoms with Crippen LogP contribution >= 0.6 is 0 Å². The van der Waals surface area contributed by atoms with Gasteiger partial charge in [-0.3, -0.25) is 14.4 Å². The highest BCUT2D eigenvalue weighted by molar-refractivity contribution is 6.09. The van der Waals surface area contributed by atoms with E-state index in [0.717, 1.165) is 6.42 Å². The van der Waals surface area contributed by atoms with Crippen LogP contribution in [0.2, 0.25) is 0 Å². The smallest absolute Gasteiger partial charge is 0.255 e. The normalized spacial score (nSPS) is 14.3. The largest absolute Gasteiger partial charge is 0.356 e. The van der Waals surface area contributed by atoms with Crippen LogP contribution in [0.3, 0.4) is 0 Å². The molecule has 0 unspecified atom stereocenters. The standard InChI is InChI=1S/C23H27N3O3/c1-2-14-24-21(27)18-12-15-26(16-13-18)23(29)19-10-6-7-11-20(19)25-22(28)17-8-4-3-5-9-17/h3-11,18H,2,12-16H2,1H3,(H,24,27)(H,25,28). The van der Waals surface area contributed by atoms with Crippen molar-refractivity contribution in [2.45, 2.75) is 26.2 Å². The Bertz CT molecular complexity index is 859. The van der Waals surface area contributed by atoms with Crippen molar-refractivity contribution in [1.82, 2.24) is 10.2 Å². The number of piperidine rings is 1. The Morgan fingerprint density at radius 1 is 0.966 bits per heavy atom. The van der Waals surface area contributed by atoms with Gasteiger partial charge in [-0.15, -0.1) is 0 Å². The first kappa shape index (κ1) is 20.6. The van der Waals surface area contributed by atoms with E-state index in [1.165, 1.54) is 0 Å². The summed E-state index contributed by atoms with van der Waals surface area (Å²) in [6.45, 7) is 3.77. The second kappa shape index (κ2) is 9.87. The monoisotopic (exact) mass is 393 g/mol. The Hall–Kier alpha value is -3.15. The van der Waals surface area contributed by atoms with Crippen molar-refractivity contribution in [2.75, 3.05) is 25.0 Å². The van der Waals surface area contributed by atoms with E-state index in [1.54, 1.807) is 53.4 Å². The molecule has 1 saturated heterocycles. The summed E-state index contributed by atoms with van der Waals surface area (Å²) in [5.74, 6) is -0.341. The third kappa shape index (κ3) is 5.22. The van der Waals surface area contributed by atoms with E-state index >= 15 is 0 Å². The molecule has 0 atom stereocenters. The first-order valence-electron chi connectivity index (χ1n) is 10.1. The number of benzene rings is 2. The summed E-state index contributed by atoms with van der Waals surface area (Å²) in [5, 5.41) is 5.78. The summed E-state index contributed by atoms with van der Waals surface area (Å²) in [5.41, 5.74) is 1.49. The van der Waals surface area contributed by atoms with Gasteiger partial charge in [-0.1, -0.05) is 37.3 Å². The van der Waals surface area contributed by atoms with Gasteiger partial charge in [-0.25, -0.2) is 0 Å². The third-order valence-corrected chi connectivity index (χ3v) is 5.14. The zero-order chi connectivity index (χ0) is 20.6. The van der Waals surface area contributed by atoms with E-state index < -0.39 is 0 Å². The van der Waals surface area contributed by atoms with Crippen molar-refractivity contribution in [3.63, 3.8) is 0 Å². The van der Waals surface area contributed by atoms with Gasteiger partial charge in [0.25, 0.3) is 11.8 Å². The Morgan fingerprint density at radius 3 is 2.31 bits per heavy atom. The molecule has 1 aliphatic rings. The highest BCUT2D eigenvalue weighted by Gasteiger charge is 2.28. The minimum absolute atomic E-state index is 0.0429. The van der Waals surface area contributed by atoms with Crippen molar-refractivity contribution in [3.05, 3.63) is 65.7 Å². The molecule has 6 nitrogen and oxygen atoms in total. The number of carbonyl (C=O) groups excluding carboxylic acids is 3. The molecule has 0 aliphatic carbocycles. The lowest BCUT2D eigenvalue weighted by Crippen LogP contribution is -2.43. The van der Waals surface area contributed by atoms with E-state index in [4.69, 9.17) is 0 Å². The minimum Gasteiger partial charge on any atom is -0.356 e. The van der Waals surface area contributed by atoms with Crippen molar-refractivity contribution in [2.24, 2.45) is 5.92 Å². The molecule has 0 saturated carbocycles. The van der Waals surface area contributed by atoms with Crippen LogP contribution in [0.25, 0.3) is 0 Å². The number of para-hydroxylation sites is 1. The van der Waals surface area contributed by atoms with Crippen LogP contribution in [0.4, 0.5) is 5.69 Å². The maximum absolute atomic E-state index is 13.1. The van der Waals surface area contributed by atoms with Crippen LogP contribution in [0.15, 0.2) is 54.6 Å². The van der Waals surface area contributed by atoms with Crippen LogP contribution in [0.1, 0.15) is 46.9 Å². The van der Waals surface area contributed by atoms with Crippen LogP contribution in [-0.4, -0.2) is 42.3 Å². The Morgan fingerprint density at radius 2 is 1.62 bits per heavy atom. The fourth-order valence-electron chi connectivity index (χ4n) is 3.47. The number of amides is 3. The van der Waals surface area contributed by atoms with Gasteiger partial charge >= 0.3 is 0 Å². The SMILES string of the molecule is CCCNC(=O)C1CCN(C(=O)c2ccccc2NC(=O)c2ccccc2)CC1. The number of rotatable bonds is 6. The molecule has 2 N–H and O–H groups in total. The lowest BCUT2D eigenvalue weighted by Gasteiger charge is -2.31. The molecule has 3 amide bonds. The summed E-state index contributed by atoms with van der Waals surface area (Å²) in [6, 6.07) is 15.9. The quantitative estimate of drug-likeness (QED) is 0.790. The zero-order valence-electron chi connectivity index (χ0n) is 16.7. The minimum atomic E-state index is -0.253. The number of likely N-dealkylation sites (tertiary alicyclic amines) is 1. The Balaban J connectivity index is 1.65. The predicted octanol–water partition coefficient (Wildman–Crippen LogP) is 3.32. The van der Waals surface area contributed by atoms with E-state index in [-0.39, 0.29) is 23.6 Å². The average molecular weight is 393 g/mol. The van der Waals surface area contributed by atoms with Crippen molar-refractivity contribution >= 4 is 23.4 Å². The maximum atomic E-state index is 13.1. The fourth-order valence-corrected chi connectivity index (χ4v) is 3.47. The molecule has 29 heavy (non-hydrogen) atoms. The van der Waals surface area contributed by atoms with E-state index in [0.29, 0.717) is 49.3 Å². The zero-order valence-corrected chi connectivity index (χ0v) is 16.7. The molecule has 1 heterocycles. The van der Waals surface area contributed by atoms with Gasteiger partial charge in [0.05, 0.1) is 11.3 Å². The first-order chi connectivity index (χ1) is 14.1. The van der Waals surface area contributed by atoms with Crippen LogP contribution in [0, 0.1) is 5.92 Å². The number of nitrogens with zero attached hydrogens (tertiary/aromatic N) is 1. The molecule has 0 spiro atoms. The van der Waals surface area contributed by atoms with Gasteiger partial charge in [0, 0.05) is 31.1 Å². The lowest BCUT2D eigenvalue weighted by atomic mass is 9.95. The number of anilines is 1. The van der Waals surface area contributed by atoms with Gasteiger partial charge in [-0.2, -0.15) is 0 Å². The first-order valence-corrected chi connectivity index (χ1v) is 10.1. The molecule has 2 aromatic carbocycles. The summed E-state index contributed by atoms with van der Waals surface area (Å²) in [4.78, 5) is 39.5. The lowest BCUT2D eigenvalue weighted by molar-refractivity contribution is -0.126. The topological polar surface area (TPSA) is 78.5 Å². The molecular formula is C23H27N3O3. The van der Waals surface area contributed by atoms with Gasteiger partial charge in [-0.05, 0) is 43.5 Å². The second-order valence-corrected chi connectivity index (χ2v) is 7.22. The number of carbonyl (C=O) groups is 3. The molecule has 1 aliphatic heterocycles. The van der Waals surface area contributed by atoms with Crippen LogP contribution < -0.4 is 10.6 Å². The molecule has 0 radical (unpaired) electrons. The van der Waals surface area contributed by atoms with E-state index in [2.05, 4.69) is 10.6 Å². The summed E-state index contributed by atoms with van der Waals surface area (Å²) < 4.78 is 0. The maximum Gasteiger partial charge on any atom is 0.255 e. The van der Waals surface area contributed by atoms with E-state index in [1.807, 2.05) is 13.0 Å².